The van der Waals surface area contributed by atoms with E-state index in [4.69, 9.17) is 4.74 Å². The molecule has 3 heteroatoms. The predicted octanol–water partition coefficient (Wildman–Crippen LogP) is 5.98. The number of phenolic OH excluding ortho intramolecular Hbond substituents is 1. The first-order valence-corrected chi connectivity index (χ1v) is 9.40. The van der Waals surface area contributed by atoms with Gasteiger partial charge in [-0.05, 0) is 53.4 Å². The molecule has 0 aliphatic rings. The van der Waals surface area contributed by atoms with Crippen LogP contribution in [0.2, 0.25) is 0 Å². The second-order valence-electron chi connectivity index (χ2n) is 9.92. The van der Waals surface area contributed by atoms with E-state index in [0.29, 0.717) is 12.4 Å². The molecule has 1 aromatic carbocycles. The molecule has 0 saturated carbocycles. The average Bonchev–Trinajstić information content (AvgIpc) is 2.42. The molecule has 0 fully saturated rings. The van der Waals surface area contributed by atoms with Crippen LogP contribution in [0.4, 0.5) is 0 Å². The van der Waals surface area contributed by atoms with Crippen LogP contribution in [0.1, 0.15) is 85.4 Å². The van der Waals surface area contributed by atoms with Gasteiger partial charge in [-0.15, -0.1) is 0 Å². The number of hydrogen-bond donors (Lipinski definition) is 1. The van der Waals surface area contributed by atoms with Crippen molar-refractivity contribution in [2.75, 3.05) is 6.61 Å². The summed E-state index contributed by atoms with van der Waals surface area (Å²) in [5.74, 6) is 0.00780. The fourth-order valence-corrected chi connectivity index (χ4v) is 3.62. The Morgan fingerprint density at radius 2 is 1.58 bits per heavy atom. The maximum atomic E-state index is 11.7. The van der Waals surface area contributed by atoms with E-state index in [1.54, 1.807) is 13.0 Å². The van der Waals surface area contributed by atoms with Crippen LogP contribution < -0.4 is 0 Å². The van der Waals surface area contributed by atoms with E-state index in [1.165, 1.54) is 6.08 Å². The zero-order chi connectivity index (χ0) is 20.3. The normalized spacial score (nSPS) is 13.3. The lowest BCUT2D eigenvalue weighted by atomic mass is 9.70. The monoisotopic (exact) mass is 360 g/mol. The number of rotatable bonds is 5. The predicted molar refractivity (Wildman–Crippen MR) is 110 cm³/mol. The van der Waals surface area contributed by atoms with E-state index in [0.717, 1.165) is 23.1 Å². The number of ether oxygens (including phenoxy) is 1. The van der Waals surface area contributed by atoms with Crippen molar-refractivity contribution in [1.29, 1.82) is 0 Å². The fraction of sp³-hybridized carbons (Fsp3) is 0.609. The molecule has 1 aromatic rings. The Kier molecular flexibility index (Phi) is 6.73. The third kappa shape index (κ3) is 6.19. The van der Waals surface area contributed by atoms with E-state index < -0.39 is 0 Å². The SMILES string of the molecule is CCOC(=O)C=Cc1cc(C(C)(C)C)c(O)c(C(C)(C)CC(C)(C)C)c1. The molecule has 0 amide bonds. The molecule has 0 bridgehead atoms. The van der Waals surface area contributed by atoms with Crippen molar-refractivity contribution in [2.45, 2.75) is 79.6 Å². The van der Waals surface area contributed by atoms with Gasteiger partial charge in [0.1, 0.15) is 5.75 Å². The van der Waals surface area contributed by atoms with Crippen LogP contribution in [0.25, 0.3) is 6.08 Å². The van der Waals surface area contributed by atoms with E-state index >= 15 is 0 Å². The van der Waals surface area contributed by atoms with E-state index in [2.05, 4.69) is 55.4 Å². The number of carbonyl (C=O) groups excluding carboxylic acids is 1. The number of carbonyl (C=O) groups is 1. The smallest absolute Gasteiger partial charge is 0.330 e. The largest absolute Gasteiger partial charge is 0.507 e. The standard InChI is InChI=1S/C23H36O3/c1-10-26-19(24)12-11-16-13-17(22(5,6)7)20(25)18(14-16)23(8,9)15-21(2,3)4/h11-14,25H,10,15H2,1-9H3. The molecule has 0 unspecified atom stereocenters. The topological polar surface area (TPSA) is 46.5 Å². The van der Waals surface area contributed by atoms with Crippen LogP contribution in [0.3, 0.4) is 0 Å². The summed E-state index contributed by atoms with van der Waals surface area (Å²) in [5, 5.41) is 11.0. The van der Waals surface area contributed by atoms with Crippen molar-refractivity contribution in [1.82, 2.24) is 0 Å². The summed E-state index contributed by atoms with van der Waals surface area (Å²) in [7, 11) is 0. The number of esters is 1. The summed E-state index contributed by atoms with van der Waals surface area (Å²) >= 11 is 0. The summed E-state index contributed by atoms with van der Waals surface area (Å²) < 4.78 is 4.97. The summed E-state index contributed by atoms with van der Waals surface area (Å²) in [6.45, 7) is 19.4. The van der Waals surface area contributed by atoms with Gasteiger partial charge in [-0.2, -0.15) is 0 Å². The molecule has 1 rings (SSSR count). The van der Waals surface area contributed by atoms with Gasteiger partial charge in [-0.25, -0.2) is 4.79 Å². The highest BCUT2D eigenvalue weighted by atomic mass is 16.5. The summed E-state index contributed by atoms with van der Waals surface area (Å²) in [6, 6.07) is 3.95. The van der Waals surface area contributed by atoms with Gasteiger partial charge >= 0.3 is 5.97 Å². The molecule has 1 N–H and O–H groups in total. The minimum Gasteiger partial charge on any atom is -0.507 e. The van der Waals surface area contributed by atoms with Crippen molar-refractivity contribution < 1.29 is 14.6 Å². The van der Waals surface area contributed by atoms with Gasteiger partial charge in [0.2, 0.25) is 0 Å². The van der Waals surface area contributed by atoms with Crippen molar-refractivity contribution in [3.63, 3.8) is 0 Å². The third-order valence-corrected chi connectivity index (χ3v) is 4.34. The lowest BCUT2D eigenvalue weighted by molar-refractivity contribution is -0.137. The molecule has 0 spiro atoms. The highest BCUT2D eigenvalue weighted by Crippen LogP contribution is 2.44. The Morgan fingerprint density at radius 1 is 1.04 bits per heavy atom. The Bertz CT molecular complexity index is 668. The molecule has 0 radical (unpaired) electrons. The molecular weight excluding hydrogens is 324 g/mol. The molecular formula is C23H36O3. The molecule has 0 heterocycles. The second kappa shape index (κ2) is 7.85. The average molecular weight is 361 g/mol. The van der Waals surface area contributed by atoms with Crippen LogP contribution in [-0.2, 0) is 20.4 Å². The maximum Gasteiger partial charge on any atom is 0.330 e. The summed E-state index contributed by atoms with van der Waals surface area (Å²) in [4.78, 5) is 11.7. The van der Waals surface area contributed by atoms with Gasteiger partial charge in [-0.1, -0.05) is 55.4 Å². The quantitative estimate of drug-likeness (QED) is 0.519. The Labute approximate surface area is 159 Å². The van der Waals surface area contributed by atoms with E-state index in [-0.39, 0.29) is 22.2 Å². The minimum atomic E-state index is -0.353. The Morgan fingerprint density at radius 3 is 2.04 bits per heavy atom. The van der Waals surface area contributed by atoms with Gasteiger partial charge in [0, 0.05) is 17.2 Å². The number of aromatic hydroxyl groups is 1. The number of hydrogen-bond acceptors (Lipinski definition) is 3. The molecule has 0 aromatic heterocycles. The highest BCUT2D eigenvalue weighted by molar-refractivity contribution is 5.87. The van der Waals surface area contributed by atoms with Gasteiger partial charge in [0.15, 0.2) is 0 Å². The fourth-order valence-electron chi connectivity index (χ4n) is 3.62. The van der Waals surface area contributed by atoms with Crippen molar-refractivity contribution in [2.24, 2.45) is 5.41 Å². The molecule has 0 atom stereocenters. The van der Waals surface area contributed by atoms with Crippen LogP contribution >= 0.6 is 0 Å². The lowest BCUT2D eigenvalue weighted by Gasteiger charge is -2.35. The first kappa shape index (κ1) is 22.3. The molecule has 0 aliphatic carbocycles. The molecule has 3 nitrogen and oxygen atoms in total. The number of phenols is 1. The Hall–Kier alpha value is -1.77. The van der Waals surface area contributed by atoms with Crippen LogP contribution in [0, 0.1) is 5.41 Å². The summed E-state index contributed by atoms with van der Waals surface area (Å²) in [6.07, 6.45) is 4.15. The highest BCUT2D eigenvalue weighted by Gasteiger charge is 2.32. The van der Waals surface area contributed by atoms with Crippen molar-refractivity contribution in [3.05, 3.63) is 34.9 Å². The van der Waals surface area contributed by atoms with E-state index in [9.17, 15) is 9.90 Å². The van der Waals surface area contributed by atoms with Crippen LogP contribution in [0.5, 0.6) is 5.75 Å². The van der Waals surface area contributed by atoms with Crippen molar-refractivity contribution in [3.8, 4) is 5.75 Å². The molecule has 0 saturated heterocycles. The first-order valence-electron chi connectivity index (χ1n) is 9.40. The van der Waals surface area contributed by atoms with Gasteiger partial charge in [0.25, 0.3) is 0 Å². The second-order valence-corrected chi connectivity index (χ2v) is 9.92. The zero-order valence-electron chi connectivity index (χ0n) is 18.0. The third-order valence-electron chi connectivity index (χ3n) is 4.34. The minimum absolute atomic E-state index is 0.134. The van der Waals surface area contributed by atoms with Gasteiger partial charge in [-0.3, -0.25) is 0 Å². The Balaban J connectivity index is 3.50. The van der Waals surface area contributed by atoms with Gasteiger partial charge in [0.05, 0.1) is 6.61 Å². The zero-order valence-corrected chi connectivity index (χ0v) is 18.0. The van der Waals surface area contributed by atoms with Crippen molar-refractivity contribution >= 4 is 12.0 Å². The first-order chi connectivity index (χ1) is 11.7. The van der Waals surface area contributed by atoms with Crippen LogP contribution in [-0.4, -0.2) is 17.7 Å². The lowest BCUT2D eigenvalue weighted by Crippen LogP contribution is -2.26. The van der Waals surface area contributed by atoms with E-state index in [1.807, 2.05) is 12.1 Å². The molecule has 0 aliphatic heterocycles. The summed E-state index contributed by atoms with van der Waals surface area (Å²) in [5.41, 5.74) is 2.44. The van der Waals surface area contributed by atoms with Gasteiger partial charge < -0.3 is 9.84 Å². The molecule has 146 valence electrons. The number of benzene rings is 1. The molecule has 26 heavy (non-hydrogen) atoms. The van der Waals surface area contributed by atoms with Crippen LogP contribution in [0.15, 0.2) is 18.2 Å². The maximum absolute atomic E-state index is 11.7.